The lowest BCUT2D eigenvalue weighted by Crippen LogP contribution is -2.22. The van der Waals surface area contributed by atoms with Crippen molar-refractivity contribution >= 4 is 17.6 Å². The first kappa shape index (κ1) is 21.9. The van der Waals surface area contributed by atoms with Gasteiger partial charge in [-0.05, 0) is 30.3 Å². The normalized spacial score (nSPS) is 11.1. The highest BCUT2D eigenvalue weighted by Gasteiger charge is 2.33. The summed E-state index contributed by atoms with van der Waals surface area (Å²) in [5.74, 6) is -2.52. The Morgan fingerprint density at radius 1 is 1.07 bits per heavy atom. The maximum Gasteiger partial charge on any atom is 0.418 e. The molecular weight excluding hydrogens is 405 g/mol. The molecule has 0 aromatic heterocycles. The van der Waals surface area contributed by atoms with Gasteiger partial charge >= 0.3 is 18.8 Å². The molecule has 29 heavy (non-hydrogen) atoms. The summed E-state index contributed by atoms with van der Waals surface area (Å²) in [5.41, 5.74) is -1.69. The fraction of sp³-hybridized carbons (Fsp3) is 0.222. The highest BCUT2D eigenvalue weighted by Crippen LogP contribution is 2.34. The molecule has 0 aliphatic heterocycles. The molecule has 1 amide bonds. The van der Waals surface area contributed by atoms with Crippen molar-refractivity contribution in [3.63, 3.8) is 0 Å². The van der Waals surface area contributed by atoms with Gasteiger partial charge in [-0.25, -0.2) is 4.79 Å². The molecule has 2 rings (SSSR count). The van der Waals surface area contributed by atoms with Crippen molar-refractivity contribution in [3.05, 3.63) is 53.6 Å². The number of ether oxygens (including phenoxy) is 3. The first-order valence-corrected chi connectivity index (χ1v) is 7.88. The molecule has 0 spiro atoms. The molecule has 0 heterocycles. The number of nitrogens with one attached hydrogen (secondary N) is 1. The van der Waals surface area contributed by atoms with Crippen LogP contribution in [0.2, 0.25) is 0 Å². The van der Waals surface area contributed by atoms with Gasteiger partial charge < -0.3 is 19.5 Å². The van der Waals surface area contributed by atoms with Gasteiger partial charge in [0.05, 0.1) is 23.9 Å². The molecular formula is C18H14F5NO5. The van der Waals surface area contributed by atoms with E-state index in [4.69, 9.17) is 9.47 Å². The SMILES string of the molecule is COc1cc(C(=O)OCC(=O)Nc2ccccc2C(F)(F)F)ccc1OC(F)F. The summed E-state index contributed by atoms with van der Waals surface area (Å²) in [6.07, 6.45) is -4.68. The number of halogens is 5. The number of carbonyl (C=O) groups is 2. The largest absolute Gasteiger partial charge is 0.493 e. The zero-order valence-corrected chi connectivity index (χ0v) is 14.8. The van der Waals surface area contributed by atoms with Crippen LogP contribution in [0.3, 0.4) is 0 Å². The Bertz CT molecular complexity index is 885. The summed E-state index contributed by atoms with van der Waals surface area (Å²) >= 11 is 0. The zero-order valence-electron chi connectivity index (χ0n) is 14.8. The number of para-hydroxylation sites is 1. The molecule has 0 aliphatic rings. The third-order valence-corrected chi connectivity index (χ3v) is 3.46. The fourth-order valence-corrected chi connectivity index (χ4v) is 2.23. The van der Waals surface area contributed by atoms with Gasteiger partial charge in [0, 0.05) is 0 Å². The minimum atomic E-state index is -4.68. The Labute approximate surface area is 161 Å². The highest BCUT2D eigenvalue weighted by molar-refractivity contribution is 5.96. The van der Waals surface area contributed by atoms with Crippen LogP contribution >= 0.6 is 0 Å². The van der Waals surface area contributed by atoms with Gasteiger partial charge in [-0.2, -0.15) is 22.0 Å². The van der Waals surface area contributed by atoms with Crippen LogP contribution in [-0.2, 0) is 15.7 Å². The number of anilines is 1. The van der Waals surface area contributed by atoms with E-state index in [9.17, 15) is 31.5 Å². The van der Waals surface area contributed by atoms with Gasteiger partial charge in [0.25, 0.3) is 5.91 Å². The van der Waals surface area contributed by atoms with E-state index in [1.165, 1.54) is 6.07 Å². The van der Waals surface area contributed by atoms with E-state index in [-0.39, 0.29) is 17.1 Å². The van der Waals surface area contributed by atoms with Crippen molar-refractivity contribution in [3.8, 4) is 11.5 Å². The average molecular weight is 419 g/mol. The zero-order chi connectivity index (χ0) is 21.6. The number of methoxy groups -OCH3 is 1. The average Bonchev–Trinajstić information content (AvgIpc) is 2.65. The van der Waals surface area contributed by atoms with Crippen molar-refractivity contribution in [1.82, 2.24) is 0 Å². The number of amides is 1. The van der Waals surface area contributed by atoms with Gasteiger partial charge in [-0.3, -0.25) is 4.79 Å². The summed E-state index contributed by atoms with van der Waals surface area (Å²) in [6.45, 7) is -3.98. The van der Waals surface area contributed by atoms with Crippen LogP contribution in [-0.4, -0.2) is 32.2 Å². The number of carbonyl (C=O) groups excluding carboxylic acids is 2. The molecule has 0 saturated carbocycles. The second-order valence-electron chi connectivity index (χ2n) is 5.41. The lowest BCUT2D eigenvalue weighted by Gasteiger charge is -2.14. The Morgan fingerprint density at radius 2 is 1.76 bits per heavy atom. The van der Waals surface area contributed by atoms with E-state index in [1.807, 2.05) is 5.32 Å². The first-order valence-electron chi connectivity index (χ1n) is 7.88. The number of esters is 1. The van der Waals surface area contributed by atoms with E-state index in [2.05, 4.69) is 4.74 Å². The van der Waals surface area contributed by atoms with Crippen LogP contribution in [0.25, 0.3) is 0 Å². The van der Waals surface area contributed by atoms with Gasteiger partial charge in [0.1, 0.15) is 0 Å². The summed E-state index contributed by atoms with van der Waals surface area (Å²) in [4.78, 5) is 23.8. The maximum atomic E-state index is 12.9. The highest BCUT2D eigenvalue weighted by atomic mass is 19.4. The molecule has 2 aromatic rings. The van der Waals surface area contributed by atoms with Crippen molar-refractivity contribution in [1.29, 1.82) is 0 Å². The smallest absolute Gasteiger partial charge is 0.418 e. The molecule has 0 radical (unpaired) electrons. The quantitative estimate of drug-likeness (QED) is 0.540. The third-order valence-electron chi connectivity index (χ3n) is 3.46. The standard InChI is InChI=1S/C18H14F5NO5/c1-27-14-8-10(6-7-13(14)29-17(19)20)16(26)28-9-15(25)24-12-5-3-2-4-11(12)18(21,22)23/h2-8,17H,9H2,1H3,(H,24,25). The van der Waals surface area contributed by atoms with Crippen LogP contribution in [0.5, 0.6) is 11.5 Å². The molecule has 0 saturated heterocycles. The van der Waals surface area contributed by atoms with Gasteiger partial charge in [-0.15, -0.1) is 0 Å². The van der Waals surface area contributed by atoms with Crippen LogP contribution in [0.4, 0.5) is 27.6 Å². The predicted molar refractivity (Wildman–Crippen MR) is 90.0 cm³/mol. The Balaban J connectivity index is 2.02. The lowest BCUT2D eigenvalue weighted by atomic mass is 10.1. The predicted octanol–water partition coefficient (Wildman–Crippen LogP) is 4.11. The Kier molecular flexibility index (Phi) is 6.97. The molecule has 1 N–H and O–H groups in total. The van der Waals surface area contributed by atoms with Gasteiger partial charge in [0.2, 0.25) is 0 Å². The summed E-state index contributed by atoms with van der Waals surface area (Å²) in [7, 11) is 1.16. The van der Waals surface area contributed by atoms with E-state index in [0.717, 1.165) is 43.5 Å². The molecule has 0 unspecified atom stereocenters. The molecule has 156 valence electrons. The minimum Gasteiger partial charge on any atom is -0.493 e. The number of benzene rings is 2. The number of alkyl halides is 5. The van der Waals surface area contributed by atoms with Crippen molar-refractivity contribution in [2.75, 3.05) is 19.0 Å². The van der Waals surface area contributed by atoms with Gasteiger partial charge in [-0.1, -0.05) is 12.1 Å². The fourth-order valence-electron chi connectivity index (χ4n) is 2.23. The number of hydrogen-bond donors (Lipinski definition) is 1. The first-order chi connectivity index (χ1) is 13.6. The van der Waals surface area contributed by atoms with E-state index in [0.29, 0.717) is 0 Å². The van der Waals surface area contributed by atoms with E-state index >= 15 is 0 Å². The van der Waals surface area contributed by atoms with E-state index < -0.39 is 42.5 Å². The molecule has 11 heteroatoms. The maximum absolute atomic E-state index is 12.9. The molecule has 0 bridgehead atoms. The third kappa shape index (κ3) is 6.06. The molecule has 0 aliphatic carbocycles. The lowest BCUT2D eigenvalue weighted by molar-refractivity contribution is -0.137. The van der Waals surface area contributed by atoms with Crippen molar-refractivity contribution < 1.29 is 45.8 Å². The second kappa shape index (κ2) is 9.22. The van der Waals surface area contributed by atoms with Crippen LogP contribution in [0.15, 0.2) is 42.5 Å². The Morgan fingerprint density at radius 3 is 2.38 bits per heavy atom. The van der Waals surface area contributed by atoms with Crippen LogP contribution in [0, 0.1) is 0 Å². The monoisotopic (exact) mass is 419 g/mol. The van der Waals surface area contributed by atoms with Crippen molar-refractivity contribution in [2.45, 2.75) is 12.8 Å². The van der Waals surface area contributed by atoms with E-state index in [1.54, 1.807) is 0 Å². The summed E-state index contributed by atoms with van der Waals surface area (Å²) < 4.78 is 77.1. The molecule has 0 fully saturated rings. The topological polar surface area (TPSA) is 73.9 Å². The van der Waals surface area contributed by atoms with Crippen LogP contribution < -0.4 is 14.8 Å². The minimum absolute atomic E-state index is 0.146. The molecule has 2 aromatic carbocycles. The molecule has 0 atom stereocenters. The van der Waals surface area contributed by atoms with Crippen molar-refractivity contribution in [2.24, 2.45) is 0 Å². The summed E-state index contributed by atoms with van der Waals surface area (Å²) in [6, 6.07) is 7.49. The van der Waals surface area contributed by atoms with Crippen LogP contribution in [0.1, 0.15) is 15.9 Å². The number of hydrogen-bond acceptors (Lipinski definition) is 5. The Hall–Kier alpha value is -3.37. The summed E-state index contributed by atoms with van der Waals surface area (Å²) in [5, 5.41) is 2.01. The molecule has 6 nitrogen and oxygen atoms in total. The van der Waals surface area contributed by atoms with Gasteiger partial charge in [0.15, 0.2) is 18.1 Å². The second-order valence-corrected chi connectivity index (χ2v) is 5.41. The number of rotatable bonds is 7.